The van der Waals surface area contributed by atoms with Crippen molar-refractivity contribution in [2.75, 3.05) is 13.2 Å². The van der Waals surface area contributed by atoms with Crippen LogP contribution in [0.25, 0.3) is 0 Å². The first-order chi connectivity index (χ1) is 26.4. The molecule has 320 valence electrons. The summed E-state index contributed by atoms with van der Waals surface area (Å²) in [6.07, 6.45) is 42.3. The highest BCUT2D eigenvalue weighted by atomic mass is 16.6. The van der Waals surface area contributed by atoms with Crippen LogP contribution in [0.1, 0.15) is 265 Å². The Morgan fingerprint density at radius 3 is 0.907 bits per heavy atom. The van der Waals surface area contributed by atoms with Crippen LogP contribution in [0.5, 0.6) is 0 Å². The van der Waals surface area contributed by atoms with E-state index in [4.69, 9.17) is 14.2 Å². The predicted molar refractivity (Wildman–Crippen MR) is 229 cm³/mol. The molecule has 0 aromatic rings. The first-order valence-electron chi connectivity index (χ1n) is 23.9. The number of unbranched alkanes of at least 4 members (excludes halogenated alkanes) is 30. The van der Waals surface area contributed by atoms with Crippen LogP contribution in [0.2, 0.25) is 0 Å². The van der Waals surface area contributed by atoms with Crippen molar-refractivity contribution in [3.8, 4) is 0 Å². The molecule has 0 unspecified atom stereocenters. The topological polar surface area (TPSA) is 78.9 Å². The summed E-state index contributed by atoms with van der Waals surface area (Å²) in [7, 11) is 0. The first-order valence-corrected chi connectivity index (χ1v) is 23.9. The Balaban J connectivity index is 4.29. The lowest BCUT2D eigenvalue weighted by atomic mass is 10.0. The number of rotatable bonds is 43. The number of carbonyl (C=O) groups excluding carboxylic acids is 3. The molecular formula is C48H92O6. The average molecular weight is 765 g/mol. The molecule has 0 aliphatic heterocycles. The van der Waals surface area contributed by atoms with Gasteiger partial charge in [-0.2, -0.15) is 0 Å². The Kier molecular flexibility index (Phi) is 41.3. The van der Waals surface area contributed by atoms with Crippen LogP contribution >= 0.6 is 0 Å². The molecule has 0 aromatic carbocycles. The molecule has 0 heterocycles. The van der Waals surface area contributed by atoms with Crippen LogP contribution in [0.15, 0.2) is 0 Å². The van der Waals surface area contributed by atoms with Gasteiger partial charge in [-0.25, -0.2) is 0 Å². The Labute approximate surface area is 336 Å². The molecule has 0 aliphatic rings. The molecule has 0 amide bonds. The SMILES string of the molecule is CCCCCCCCCCCCCCCCCC(=O)O[C@@H](COC(=O)CCCCCCCCCCC)COC(=O)CCCCCCCCCCCC(C)C. The Bertz CT molecular complexity index is 811. The van der Waals surface area contributed by atoms with Gasteiger partial charge in [-0.3, -0.25) is 14.4 Å². The highest BCUT2D eigenvalue weighted by molar-refractivity contribution is 5.71. The summed E-state index contributed by atoms with van der Waals surface area (Å²) in [6, 6.07) is 0. The van der Waals surface area contributed by atoms with Crippen molar-refractivity contribution < 1.29 is 28.6 Å². The van der Waals surface area contributed by atoms with Crippen LogP contribution in [0.3, 0.4) is 0 Å². The second-order valence-electron chi connectivity index (χ2n) is 16.9. The van der Waals surface area contributed by atoms with E-state index in [0.717, 1.165) is 63.7 Å². The molecule has 0 aliphatic carbocycles. The minimum absolute atomic E-state index is 0.0639. The van der Waals surface area contributed by atoms with Gasteiger partial charge in [0.2, 0.25) is 0 Å². The molecule has 54 heavy (non-hydrogen) atoms. The summed E-state index contributed by atoms with van der Waals surface area (Å²) in [5, 5.41) is 0. The standard InChI is InChI=1S/C48H92O6/c1-5-7-9-11-13-15-16-17-18-19-20-24-29-33-37-41-48(51)54-45(42-52-46(49)39-35-31-27-22-14-12-10-8-6-2)43-53-47(50)40-36-32-28-25-21-23-26-30-34-38-44(3)4/h44-45H,5-43H2,1-4H3/t45-/m0/s1. The van der Waals surface area contributed by atoms with Crippen LogP contribution in [0, 0.1) is 5.92 Å². The van der Waals surface area contributed by atoms with Gasteiger partial charge in [0.15, 0.2) is 6.10 Å². The highest BCUT2D eigenvalue weighted by Crippen LogP contribution is 2.16. The molecule has 0 radical (unpaired) electrons. The van der Waals surface area contributed by atoms with Crippen molar-refractivity contribution in [3.63, 3.8) is 0 Å². The summed E-state index contributed by atoms with van der Waals surface area (Å²) < 4.78 is 16.7. The van der Waals surface area contributed by atoms with Gasteiger partial charge in [0.1, 0.15) is 13.2 Å². The predicted octanol–water partition coefficient (Wildman–Crippen LogP) is 15.1. The number of hydrogen-bond acceptors (Lipinski definition) is 6. The minimum atomic E-state index is -0.759. The lowest BCUT2D eigenvalue weighted by molar-refractivity contribution is -0.167. The fraction of sp³-hybridized carbons (Fsp3) is 0.938. The summed E-state index contributed by atoms with van der Waals surface area (Å²) in [5.41, 5.74) is 0. The van der Waals surface area contributed by atoms with Gasteiger partial charge in [0.05, 0.1) is 0 Å². The van der Waals surface area contributed by atoms with E-state index in [1.165, 1.54) is 161 Å². The Morgan fingerprint density at radius 1 is 0.352 bits per heavy atom. The van der Waals surface area contributed by atoms with E-state index in [2.05, 4.69) is 27.7 Å². The second kappa shape index (κ2) is 42.6. The molecule has 0 fully saturated rings. The molecule has 6 heteroatoms. The molecular weight excluding hydrogens is 673 g/mol. The third-order valence-electron chi connectivity index (χ3n) is 10.8. The van der Waals surface area contributed by atoms with Crippen molar-refractivity contribution in [2.24, 2.45) is 5.92 Å². The lowest BCUT2D eigenvalue weighted by Crippen LogP contribution is -2.30. The number of hydrogen-bond donors (Lipinski definition) is 0. The van der Waals surface area contributed by atoms with Gasteiger partial charge in [0.25, 0.3) is 0 Å². The molecule has 0 aromatic heterocycles. The fourth-order valence-electron chi connectivity index (χ4n) is 7.16. The molecule has 0 saturated heterocycles. The van der Waals surface area contributed by atoms with E-state index in [-0.39, 0.29) is 31.1 Å². The summed E-state index contributed by atoms with van der Waals surface area (Å²) in [5.74, 6) is -0.0450. The van der Waals surface area contributed by atoms with E-state index in [0.29, 0.717) is 19.3 Å². The second-order valence-corrected chi connectivity index (χ2v) is 16.9. The van der Waals surface area contributed by atoms with Gasteiger partial charge in [-0.05, 0) is 25.2 Å². The normalized spacial score (nSPS) is 11.9. The molecule has 0 rings (SSSR count). The van der Waals surface area contributed by atoms with Crippen molar-refractivity contribution in [2.45, 2.75) is 271 Å². The quantitative estimate of drug-likeness (QED) is 0.0349. The van der Waals surface area contributed by atoms with Crippen molar-refractivity contribution in [3.05, 3.63) is 0 Å². The van der Waals surface area contributed by atoms with Crippen LogP contribution in [-0.2, 0) is 28.6 Å². The molecule has 0 bridgehead atoms. The first kappa shape index (κ1) is 52.4. The van der Waals surface area contributed by atoms with Gasteiger partial charge in [0, 0.05) is 19.3 Å². The summed E-state index contributed by atoms with van der Waals surface area (Å²) in [6.45, 7) is 8.97. The van der Waals surface area contributed by atoms with Crippen LogP contribution < -0.4 is 0 Å². The molecule has 0 N–H and O–H groups in total. The molecule has 0 saturated carbocycles. The maximum atomic E-state index is 12.7. The monoisotopic (exact) mass is 765 g/mol. The smallest absolute Gasteiger partial charge is 0.306 e. The molecule has 6 nitrogen and oxygen atoms in total. The lowest BCUT2D eigenvalue weighted by Gasteiger charge is -2.18. The van der Waals surface area contributed by atoms with E-state index in [9.17, 15) is 14.4 Å². The minimum Gasteiger partial charge on any atom is -0.462 e. The Morgan fingerprint density at radius 2 is 0.611 bits per heavy atom. The van der Waals surface area contributed by atoms with Crippen molar-refractivity contribution in [1.82, 2.24) is 0 Å². The Hall–Kier alpha value is -1.59. The summed E-state index contributed by atoms with van der Waals surface area (Å²) >= 11 is 0. The van der Waals surface area contributed by atoms with E-state index in [1.807, 2.05) is 0 Å². The number of carbonyl (C=O) groups is 3. The van der Waals surface area contributed by atoms with Gasteiger partial charge >= 0.3 is 17.9 Å². The zero-order chi connectivity index (χ0) is 39.6. The zero-order valence-corrected chi connectivity index (χ0v) is 36.7. The van der Waals surface area contributed by atoms with E-state index < -0.39 is 6.10 Å². The van der Waals surface area contributed by atoms with E-state index in [1.54, 1.807) is 0 Å². The largest absolute Gasteiger partial charge is 0.462 e. The van der Waals surface area contributed by atoms with Crippen molar-refractivity contribution in [1.29, 1.82) is 0 Å². The van der Waals surface area contributed by atoms with Gasteiger partial charge in [-0.15, -0.1) is 0 Å². The number of ether oxygens (including phenoxy) is 3. The average Bonchev–Trinajstić information content (AvgIpc) is 3.15. The fourth-order valence-corrected chi connectivity index (χ4v) is 7.16. The van der Waals surface area contributed by atoms with Gasteiger partial charge in [-0.1, -0.05) is 227 Å². The van der Waals surface area contributed by atoms with E-state index >= 15 is 0 Å². The maximum Gasteiger partial charge on any atom is 0.306 e. The maximum absolute atomic E-state index is 12.7. The molecule has 0 spiro atoms. The van der Waals surface area contributed by atoms with Crippen LogP contribution in [-0.4, -0.2) is 37.2 Å². The van der Waals surface area contributed by atoms with Gasteiger partial charge < -0.3 is 14.2 Å². The third kappa shape index (κ3) is 41.6. The third-order valence-corrected chi connectivity index (χ3v) is 10.8. The summed E-state index contributed by atoms with van der Waals surface area (Å²) in [4.78, 5) is 37.7. The van der Waals surface area contributed by atoms with Crippen molar-refractivity contribution >= 4 is 17.9 Å². The molecule has 1 atom stereocenters. The zero-order valence-electron chi connectivity index (χ0n) is 36.7. The number of esters is 3. The van der Waals surface area contributed by atoms with Crippen LogP contribution in [0.4, 0.5) is 0 Å². The highest BCUT2D eigenvalue weighted by Gasteiger charge is 2.19.